The van der Waals surface area contributed by atoms with Gasteiger partial charge in [-0.05, 0) is 24.3 Å². The summed E-state index contributed by atoms with van der Waals surface area (Å²) in [6, 6.07) is 13.3. The van der Waals surface area contributed by atoms with Crippen LogP contribution >= 0.6 is 0 Å². The number of carbonyl (C=O) groups excluding carboxylic acids is 1. The lowest BCUT2D eigenvalue weighted by molar-refractivity contribution is -0.119. The summed E-state index contributed by atoms with van der Waals surface area (Å²) in [4.78, 5) is 15.6. The molecular weight excluding hydrogens is 228 g/mol. The highest BCUT2D eigenvalue weighted by atomic mass is 16.5. The van der Waals surface area contributed by atoms with Crippen LogP contribution in [0.15, 0.2) is 48.7 Å². The lowest BCUT2D eigenvalue weighted by Gasteiger charge is -2.05. The maximum Gasteiger partial charge on any atom is 0.250 e. The molecule has 2 aromatic rings. The van der Waals surface area contributed by atoms with Gasteiger partial charge >= 0.3 is 0 Å². The van der Waals surface area contributed by atoms with Gasteiger partial charge in [-0.1, -0.05) is 18.2 Å². The van der Waals surface area contributed by atoms with E-state index in [1.807, 2.05) is 42.5 Å². The second-order valence-electron chi connectivity index (χ2n) is 3.77. The molecule has 18 heavy (non-hydrogen) atoms. The van der Waals surface area contributed by atoms with Crippen molar-refractivity contribution in [3.63, 3.8) is 0 Å². The quantitative estimate of drug-likeness (QED) is 0.895. The third-order valence-corrected chi connectivity index (χ3v) is 2.40. The second-order valence-corrected chi connectivity index (χ2v) is 3.77. The molecule has 1 heterocycles. The molecule has 0 radical (unpaired) electrons. The summed E-state index contributed by atoms with van der Waals surface area (Å²) in [5.74, 6) is -0.164. The van der Waals surface area contributed by atoms with Crippen molar-refractivity contribution in [2.24, 2.45) is 0 Å². The van der Waals surface area contributed by atoms with Gasteiger partial charge < -0.3 is 10.1 Å². The van der Waals surface area contributed by atoms with Gasteiger partial charge in [0.2, 0.25) is 5.91 Å². The number of benzene rings is 1. The van der Waals surface area contributed by atoms with Gasteiger partial charge in [0.05, 0.1) is 5.69 Å². The number of rotatable bonds is 4. The van der Waals surface area contributed by atoms with E-state index in [9.17, 15) is 4.79 Å². The normalized spacial score (nSPS) is 10.1. The molecule has 0 atom stereocenters. The van der Waals surface area contributed by atoms with Crippen LogP contribution in [0, 0.1) is 0 Å². The molecule has 0 unspecified atom stereocenters. The Hall–Kier alpha value is -2.20. The molecule has 0 aliphatic carbocycles. The summed E-state index contributed by atoms with van der Waals surface area (Å²) in [7, 11) is 1.49. The van der Waals surface area contributed by atoms with Crippen molar-refractivity contribution in [3.05, 3.63) is 48.7 Å². The first-order valence-electron chi connectivity index (χ1n) is 5.60. The molecular formula is C14H14N2O2. The number of carbonyl (C=O) groups is 1. The van der Waals surface area contributed by atoms with E-state index in [0.29, 0.717) is 0 Å². The first kappa shape index (κ1) is 12.3. The minimum atomic E-state index is -0.164. The van der Waals surface area contributed by atoms with Crippen molar-refractivity contribution < 1.29 is 9.53 Å². The first-order chi connectivity index (χ1) is 8.79. The van der Waals surface area contributed by atoms with E-state index in [-0.39, 0.29) is 12.5 Å². The Bertz CT molecular complexity index is 509. The SMILES string of the molecule is COCC(=O)Nc1ccc(-c2ccccn2)cc1. The Labute approximate surface area is 106 Å². The maximum atomic E-state index is 11.3. The first-order valence-corrected chi connectivity index (χ1v) is 5.60. The molecule has 0 fully saturated rings. The predicted octanol–water partition coefficient (Wildman–Crippen LogP) is 2.33. The summed E-state index contributed by atoms with van der Waals surface area (Å²) in [6.07, 6.45) is 1.75. The molecule has 2 rings (SSSR count). The summed E-state index contributed by atoms with van der Waals surface area (Å²) in [5, 5.41) is 2.74. The molecule has 0 spiro atoms. The highest BCUT2D eigenvalue weighted by Gasteiger charge is 2.02. The Balaban J connectivity index is 2.09. The van der Waals surface area contributed by atoms with Gasteiger partial charge in [-0.15, -0.1) is 0 Å². The van der Waals surface area contributed by atoms with E-state index < -0.39 is 0 Å². The largest absolute Gasteiger partial charge is 0.375 e. The van der Waals surface area contributed by atoms with Crippen molar-refractivity contribution >= 4 is 11.6 Å². The van der Waals surface area contributed by atoms with E-state index in [2.05, 4.69) is 10.3 Å². The van der Waals surface area contributed by atoms with E-state index in [1.54, 1.807) is 6.20 Å². The van der Waals surface area contributed by atoms with Crippen LogP contribution in [0.1, 0.15) is 0 Å². The van der Waals surface area contributed by atoms with Gasteiger partial charge in [-0.2, -0.15) is 0 Å². The van der Waals surface area contributed by atoms with Crippen molar-refractivity contribution in [1.82, 2.24) is 4.98 Å². The fraction of sp³-hybridized carbons (Fsp3) is 0.143. The summed E-state index contributed by atoms with van der Waals surface area (Å²) in [5.41, 5.74) is 2.67. The number of nitrogens with one attached hydrogen (secondary N) is 1. The second kappa shape index (κ2) is 5.93. The zero-order chi connectivity index (χ0) is 12.8. The molecule has 0 aliphatic heterocycles. The van der Waals surface area contributed by atoms with Crippen LogP contribution in [0.3, 0.4) is 0 Å². The average molecular weight is 242 g/mol. The van der Waals surface area contributed by atoms with Crippen LogP contribution < -0.4 is 5.32 Å². The van der Waals surface area contributed by atoms with Gasteiger partial charge in [0.1, 0.15) is 6.61 Å². The molecule has 0 saturated carbocycles. The number of pyridine rings is 1. The highest BCUT2D eigenvalue weighted by Crippen LogP contribution is 2.18. The molecule has 0 bridgehead atoms. The molecule has 4 nitrogen and oxygen atoms in total. The third kappa shape index (κ3) is 3.15. The molecule has 4 heteroatoms. The fourth-order valence-corrected chi connectivity index (χ4v) is 1.59. The van der Waals surface area contributed by atoms with Gasteiger partial charge in [-0.3, -0.25) is 9.78 Å². The Morgan fingerprint density at radius 3 is 2.61 bits per heavy atom. The van der Waals surface area contributed by atoms with Gasteiger partial charge in [0.15, 0.2) is 0 Å². The monoisotopic (exact) mass is 242 g/mol. The number of anilines is 1. The van der Waals surface area contributed by atoms with Crippen LogP contribution in [0.25, 0.3) is 11.3 Å². The summed E-state index contributed by atoms with van der Waals surface area (Å²) < 4.78 is 4.75. The number of aromatic nitrogens is 1. The molecule has 1 N–H and O–H groups in total. The molecule has 0 aliphatic rings. The molecule has 1 aromatic carbocycles. The molecule has 1 amide bonds. The smallest absolute Gasteiger partial charge is 0.250 e. The lowest BCUT2D eigenvalue weighted by atomic mass is 10.1. The maximum absolute atomic E-state index is 11.3. The standard InChI is InChI=1S/C14H14N2O2/c1-18-10-14(17)16-12-7-5-11(6-8-12)13-4-2-3-9-15-13/h2-9H,10H2,1H3,(H,16,17). The molecule has 92 valence electrons. The third-order valence-electron chi connectivity index (χ3n) is 2.40. The van der Waals surface area contributed by atoms with Gasteiger partial charge in [0.25, 0.3) is 0 Å². The summed E-state index contributed by atoms with van der Waals surface area (Å²) in [6.45, 7) is 0.0575. The number of methoxy groups -OCH3 is 1. The number of ether oxygens (including phenoxy) is 1. The Morgan fingerprint density at radius 1 is 1.22 bits per heavy atom. The highest BCUT2D eigenvalue weighted by molar-refractivity contribution is 5.91. The van der Waals surface area contributed by atoms with E-state index in [1.165, 1.54) is 7.11 Å². The van der Waals surface area contributed by atoms with Crippen LogP contribution in [-0.2, 0) is 9.53 Å². The van der Waals surface area contributed by atoms with E-state index >= 15 is 0 Å². The zero-order valence-corrected chi connectivity index (χ0v) is 10.1. The number of amides is 1. The Kier molecular flexibility index (Phi) is 4.04. The molecule has 1 aromatic heterocycles. The summed E-state index contributed by atoms with van der Waals surface area (Å²) >= 11 is 0. The van der Waals surface area contributed by atoms with Crippen molar-refractivity contribution in [3.8, 4) is 11.3 Å². The lowest BCUT2D eigenvalue weighted by Crippen LogP contribution is -2.16. The topological polar surface area (TPSA) is 51.2 Å². The van der Waals surface area contributed by atoms with Crippen molar-refractivity contribution in [2.75, 3.05) is 19.0 Å². The number of nitrogens with zero attached hydrogens (tertiary/aromatic N) is 1. The number of hydrogen-bond acceptors (Lipinski definition) is 3. The van der Waals surface area contributed by atoms with E-state index in [4.69, 9.17) is 4.74 Å². The van der Waals surface area contributed by atoms with Gasteiger partial charge in [-0.25, -0.2) is 0 Å². The van der Waals surface area contributed by atoms with Crippen molar-refractivity contribution in [1.29, 1.82) is 0 Å². The van der Waals surface area contributed by atoms with Crippen LogP contribution in [0.5, 0.6) is 0 Å². The minimum Gasteiger partial charge on any atom is -0.375 e. The van der Waals surface area contributed by atoms with Crippen LogP contribution in [0.2, 0.25) is 0 Å². The average Bonchev–Trinajstić information content (AvgIpc) is 2.41. The predicted molar refractivity (Wildman–Crippen MR) is 70.2 cm³/mol. The fourth-order valence-electron chi connectivity index (χ4n) is 1.59. The Morgan fingerprint density at radius 2 is 2.00 bits per heavy atom. The molecule has 0 saturated heterocycles. The number of hydrogen-bond donors (Lipinski definition) is 1. The van der Waals surface area contributed by atoms with E-state index in [0.717, 1.165) is 16.9 Å². The minimum absolute atomic E-state index is 0.0575. The zero-order valence-electron chi connectivity index (χ0n) is 10.1. The van der Waals surface area contributed by atoms with Crippen LogP contribution in [-0.4, -0.2) is 24.6 Å². The van der Waals surface area contributed by atoms with Crippen molar-refractivity contribution in [2.45, 2.75) is 0 Å². The van der Waals surface area contributed by atoms with Gasteiger partial charge in [0, 0.05) is 24.6 Å². The van der Waals surface area contributed by atoms with Crippen LogP contribution in [0.4, 0.5) is 5.69 Å².